The van der Waals surface area contributed by atoms with Crippen molar-refractivity contribution in [3.63, 3.8) is 0 Å². The first-order chi connectivity index (χ1) is 11.4. The fourth-order valence-electron chi connectivity index (χ4n) is 2.26. The Morgan fingerprint density at radius 2 is 1.79 bits per heavy atom. The van der Waals surface area contributed by atoms with Crippen LogP contribution in [0.3, 0.4) is 0 Å². The third-order valence-electron chi connectivity index (χ3n) is 3.60. The Morgan fingerprint density at radius 1 is 1.08 bits per heavy atom. The van der Waals surface area contributed by atoms with Crippen LogP contribution in [0.2, 0.25) is 0 Å². The van der Waals surface area contributed by atoms with Crippen molar-refractivity contribution in [1.82, 2.24) is 0 Å². The molecule has 0 spiro atoms. The third kappa shape index (κ3) is 4.26. The van der Waals surface area contributed by atoms with Gasteiger partial charge in [0.15, 0.2) is 17.4 Å². The fraction of sp³-hybridized carbons (Fsp3) is 0.471. The molecule has 0 fully saturated rings. The van der Waals surface area contributed by atoms with Crippen LogP contribution in [0.5, 0.6) is 5.75 Å². The van der Waals surface area contributed by atoms with Gasteiger partial charge < -0.3 is 9.47 Å². The summed E-state index contributed by atoms with van der Waals surface area (Å²) in [5, 5.41) is 0. The molecular formula is C17H16F4O3. The van der Waals surface area contributed by atoms with Crippen LogP contribution in [0, 0.1) is 42.0 Å². The van der Waals surface area contributed by atoms with E-state index < -0.39 is 53.3 Å². The van der Waals surface area contributed by atoms with E-state index >= 15 is 0 Å². The van der Waals surface area contributed by atoms with Crippen LogP contribution >= 0.6 is 0 Å². The zero-order chi connectivity index (χ0) is 17.7. The summed E-state index contributed by atoms with van der Waals surface area (Å²) in [5.41, 5.74) is -0.634. The standard InChI is InChI=1S/C17H16F4O3/c1-10-13(18)14(19)15(20)16(21)17(10)24-12(22)9-23-11-7-5-3-2-4-6-8-11/h11H,2-5,7,9H2,1H3. The third-order valence-corrected chi connectivity index (χ3v) is 3.60. The number of ether oxygens (including phenoxy) is 2. The molecule has 0 saturated carbocycles. The molecule has 0 bridgehead atoms. The van der Waals surface area contributed by atoms with Gasteiger partial charge in [-0.1, -0.05) is 12.3 Å². The molecule has 24 heavy (non-hydrogen) atoms. The lowest BCUT2D eigenvalue weighted by Crippen LogP contribution is -2.22. The van der Waals surface area contributed by atoms with Gasteiger partial charge in [0.05, 0.1) is 0 Å². The largest absolute Gasteiger partial charge is 0.421 e. The van der Waals surface area contributed by atoms with Crippen molar-refractivity contribution in [2.45, 2.75) is 45.1 Å². The van der Waals surface area contributed by atoms with Crippen LogP contribution in [0.4, 0.5) is 17.6 Å². The SMILES string of the molecule is Cc1c(F)c(F)c(F)c(F)c1OC(=O)COC1C#CCCCCC1. The highest BCUT2D eigenvalue weighted by Crippen LogP contribution is 2.29. The zero-order valence-electron chi connectivity index (χ0n) is 13.1. The molecule has 0 amide bonds. The molecule has 7 heteroatoms. The number of esters is 1. The average Bonchev–Trinajstić information content (AvgIpc) is 2.54. The Bertz CT molecular complexity index is 662. The number of hydrogen-bond donors (Lipinski definition) is 0. The van der Waals surface area contributed by atoms with E-state index in [2.05, 4.69) is 16.6 Å². The minimum Gasteiger partial charge on any atom is -0.421 e. The lowest BCUT2D eigenvalue weighted by atomic mass is 10.1. The average molecular weight is 344 g/mol. The van der Waals surface area contributed by atoms with Gasteiger partial charge in [-0.15, -0.1) is 5.92 Å². The predicted octanol–water partition coefficient (Wildman–Crippen LogP) is 3.81. The summed E-state index contributed by atoms with van der Waals surface area (Å²) >= 11 is 0. The molecule has 130 valence electrons. The van der Waals surface area contributed by atoms with Gasteiger partial charge in [-0.05, 0) is 26.2 Å². The second kappa shape index (κ2) is 8.15. The van der Waals surface area contributed by atoms with E-state index in [1.165, 1.54) is 0 Å². The molecule has 2 rings (SSSR count). The van der Waals surface area contributed by atoms with Crippen LogP contribution in [0.25, 0.3) is 0 Å². The number of rotatable bonds is 4. The van der Waals surface area contributed by atoms with Crippen molar-refractivity contribution in [3.05, 3.63) is 28.8 Å². The lowest BCUT2D eigenvalue weighted by Gasteiger charge is -2.14. The molecule has 0 saturated heterocycles. The molecule has 1 atom stereocenters. The normalized spacial score (nSPS) is 17.5. The summed E-state index contributed by atoms with van der Waals surface area (Å²) in [6, 6.07) is 0. The van der Waals surface area contributed by atoms with Crippen LogP contribution in [-0.2, 0) is 9.53 Å². The minimum atomic E-state index is -2.03. The monoisotopic (exact) mass is 344 g/mol. The molecule has 0 radical (unpaired) electrons. The summed E-state index contributed by atoms with van der Waals surface area (Å²) in [6.07, 6.45) is 3.87. The van der Waals surface area contributed by atoms with Gasteiger partial charge in [-0.25, -0.2) is 18.0 Å². The summed E-state index contributed by atoms with van der Waals surface area (Å²) in [6.45, 7) is 0.420. The van der Waals surface area contributed by atoms with Crippen molar-refractivity contribution in [1.29, 1.82) is 0 Å². The first-order valence-electron chi connectivity index (χ1n) is 7.55. The van der Waals surface area contributed by atoms with Crippen LogP contribution in [0.15, 0.2) is 0 Å². The van der Waals surface area contributed by atoms with Gasteiger partial charge in [-0.3, -0.25) is 0 Å². The molecule has 0 aliphatic heterocycles. The number of halogens is 4. The molecule has 1 aromatic rings. The van der Waals surface area contributed by atoms with Gasteiger partial charge in [0.25, 0.3) is 0 Å². The first kappa shape index (κ1) is 18.3. The highest BCUT2D eigenvalue weighted by molar-refractivity contribution is 5.74. The maximum atomic E-state index is 13.6. The maximum Gasteiger partial charge on any atom is 0.337 e. The van der Waals surface area contributed by atoms with Crippen molar-refractivity contribution in [2.24, 2.45) is 0 Å². The van der Waals surface area contributed by atoms with Crippen LogP contribution in [0.1, 0.15) is 37.7 Å². The number of carbonyl (C=O) groups is 1. The Morgan fingerprint density at radius 3 is 2.54 bits per heavy atom. The van der Waals surface area contributed by atoms with Gasteiger partial charge in [0.2, 0.25) is 11.6 Å². The molecule has 1 aliphatic carbocycles. The van der Waals surface area contributed by atoms with E-state index in [-0.39, 0.29) is 0 Å². The summed E-state index contributed by atoms with van der Waals surface area (Å²) in [4.78, 5) is 11.7. The minimum absolute atomic E-state index is 0.453. The second-order valence-electron chi connectivity index (χ2n) is 5.40. The molecule has 0 heterocycles. The Labute approximate surface area is 136 Å². The molecule has 0 N–H and O–H groups in total. The van der Waals surface area contributed by atoms with Gasteiger partial charge in [-0.2, -0.15) is 4.39 Å². The fourth-order valence-corrected chi connectivity index (χ4v) is 2.26. The number of hydrogen-bond acceptors (Lipinski definition) is 3. The lowest BCUT2D eigenvalue weighted by molar-refractivity contribution is -0.141. The van der Waals surface area contributed by atoms with Gasteiger partial charge in [0, 0.05) is 12.0 Å². The van der Waals surface area contributed by atoms with Crippen molar-refractivity contribution in [2.75, 3.05) is 6.61 Å². The summed E-state index contributed by atoms with van der Waals surface area (Å²) in [7, 11) is 0. The van der Waals surface area contributed by atoms with Gasteiger partial charge >= 0.3 is 5.97 Å². The summed E-state index contributed by atoms with van der Waals surface area (Å²) < 4.78 is 63.2. The second-order valence-corrected chi connectivity index (χ2v) is 5.40. The Hall–Kier alpha value is -2.07. The Balaban J connectivity index is 2.02. The molecular weight excluding hydrogens is 328 g/mol. The molecule has 1 aliphatic rings. The van der Waals surface area contributed by atoms with Crippen LogP contribution in [-0.4, -0.2) is 18.7 Å². The number of carbonyl (C=O) groups excluding carboxylic acids is 1. The van der Waals surface area contributed by atoms with E-state index in [4.69, 9.17) is 4.74 Å². The van der Waals surface area contributed by atoms with Gasteiger partial charge in [0.1, 0.15) is 12.7 Å². The number of benzene rings is 1. The highest BCUT2D eigenvalue weighted by atomic mass is 19.2. The highest BCUT2D eigenvalue weighted by Gasteiger charge is 2.26. The predicted molar refractivity (Wildman–Crippen MR) is 77.2 cm³/mol. The van der Waals surface area contributed by atoms with Crippen molar-refractivity contribution < 1.29 is 31.8 Å². The first-order valence-corrected chi connectivity index (χ1v) is 7.55. The van der Waals surface area contributed by atoms with E-state index in [1.54, 1.807) is 0 Å². The topological polar surface area (TPSA) is 35.5 Å². The maximum absolute atomic E-state index is 13.6. The van der Waals surface area contributed by atoms with E-state index in [9.17, 15) is 22.4 Å². The Kier molecular flexibility index (Phi) is 6.21. The smallest absolute Gasteiger partial charge is 0.337 e. The van der Waals surface area contributed by atoms with Crippen LogP contribution < -0.4 is 4.74 Å². The molecule has 0 aromatic heterocycles. The zero-order valence-corrected chi connectivity index (χ0v) is 13.1. The van der Waals surface area contributed by atoms with E-state index in [0.29, 0.717) is 6.42 Å². The molecule has 1 unspecified atom stereocenters. The quantitative estimate of drug-likeness (QED) is 0.208. The molecule has 3 nitrogen and oxygen atoms in total. The summed E-state index contributed by atoms with van der Waals surface area (Å²) in [5.74, 6) is -3.60. The molecule has 1 aromatic carbocycles. The van der Waals surface area contributed by atoms with E-state index in [0.717, 1.165) is 32.6 Å². The van der Waals surface area contributed by atoms with E-state index in [1.807, 2.05) is 0 Å². The van der Waals surface area contributed by atoms with Crippen molar-refractivity contribution >= 4 is 5.97 Å². The van der Waals surface area contributed by atoms with Crippen molar-refractivity contribution in [3.8, 4) is 17.6 Å².